The summed E-state index contributed by atoms with van der Waals surface area (Å²) in [6.45, 7) is 3.93. The van der Waals surface area contributed by atoms with E-state index in [-0.39, 0.29) is 11.7 Å². The molecular weight excluding hydrogens is 376 g/mol. The monoisotopic (exact) mass is 402 g/mol. The number of nitrogens with zero attached hydrogens (tertiary/aromatic N) is 2. The minimum atomic E-state index is -0.244. The molecule has 3 N–H and O–H groups in total. The predicted molar refractivity (Wildman–Crippen MR) is 117 cm³/mol. The highest BCUT2D eigenvalue weighted by molar-refractivity contribution is 5.98. The molecule has 1 amide bonds. The first-order chi connectivity index (χ1) is 14.7. The van der Waals surface area contributed by atoms with Gasteiger partial charge in [-0.25, -0.2) is 0 Å². The molecule has 0 radical (unpaired) electrons. The molecule has 0 unspecified atom stereocenters. The molecule has 154 valence electrons. The normalized spacial score (nSPS) is 15.2. The number of aromatic hydroxyl groups is 1. The number of nitrogens with one attached hydrogen (secondary N) is 2. The number of H-pyrrole nitrogens is 1. The second kappa shape index (κ2) is 7.95. The Hall–Kier alpha value is -3.12. The zero-order chi connectivity index (χ0) is 20.5. The molecule has 2 heterocycles. The predicted octanol–water partition coefficient (Wildman–Crippen LogP) is 3.57. The summed E-state index contributed by atoms with van der Waals surface area (Å²) in [5.41, 5.74) is 6.60. The van der Waals surface area contributed by atoms with Gasteiger partial charge in [0.25, 0.3) is 5.91 Å². The summed E-state index contributed by atoms with van der Waals surface area (Å²) in [5, 5.41) is 20.9. The van der Waals surface area contributed by atoms with Crippen molar-refractivity contribution in [3.8, 4) is 28.3 Å². The molecule has 1 aliphatic heterocycles. The van der Waals surface area contributed by atoms with Crippen molar-refractivity contribution < 1.29 is 9.90 Å². The maximum Gasteiger partial charge on any atom is 0.255 e. The van der Waals surface area contributed by atoms with Crippen LogP contribution >= 0.6 is 0 Å². The Morgan fingerprint density at radius 1 is 1.17 bits per heavy atom. The number of benzene rings is 2. The number of aromatic nitrogens is 2. The van der Waals surface area contributed by atoms with Crippen LogP contribution in [0.2, 0.25) is 0 Å². The van der Waals surface area contributed by atoms with E-state index in [1.165, 1.54) is 24.0 Å². The molecule has 0 saturated carbocycles. The smallest absolute Gasteiger partial charge is 0.255 e. The Labute approximate surface area is 175 Å². The van der Waals surface area contributed by atoms with E-state index in [1.807, 2.05) is 18.2 Å². The van der Waals surface area contributed by atoms with Crippen LogP contribution in [0.3, 0.4) is 0 Å². The molecule has 0 spiro atoms. The summed E-state index contributed by atoms with van der Waals surface area (Å²) in [6.07, 6.45) is 4.28. The lowest BCUT2D eigenvalue weighted by atomic mass is 10.0. The molecular formula is C24H26N4O2. The Kier molecular flexibility index (Phi) is 5.01. The van der Waals surface area contributed by atoms with Crippen LogP contribution in [0.4, 0.5) is 0 Å². The van der Waals surface area contributed by atoms with Crippen molar-refractivity contribution in [1.82, 2.24) is 20.4 Å². The zero-order valence-corrected chi connectivity index (χ0v) is 16.9. The highest BCUT2D eigenvalue weighted by Crippen LogP contribution is 2.40. The molecule has 1 saturated heterocycles. The van der Waals surface area contributed by atoms with Crippen LogP contribution < -0.4 is 5.32 Å². The summed E-state index contributed by atoms with van der Waals surface area (Å²) in [5.74, 6) is -0.252. The van der Waals surface area contributed by atoms with Crippen LogP contribution in [0.5, 0.6) is 5.75 Å². The fraction of sp³-hybridized carbons (Fsp3) is 0.333. The molecule has 1 fully saturated rings. The Balaban J connectivity index is 1.31. The van der Waals surface area contributed by atoms with E-state index >= 15 is 0 Å². The summed E-state index contributed by atoms with van der Waals surface area (Å²) >= 11 is 0. The van der Waals surface area contributed by atoms with E-state index in [0.29, 0.717) is 12.1 Å². The minimum absolute atomic E-state index is 0.00809. The van der Waals surface area contributed by atoms with Crippen molar-refractivity contribution in [1.29, 1.82) is 0 Å². The van der Waals surface area contributed by atoms with Crippen molar-refractivity contribution in [3.63, 3.8) is 0 Å². The fourth-order valence-electron chi connectivity index (χ4n) is 4.58. The standard InChI is InChI=1S/C24H26N4O2/c29-21-9-8-17(15-19(21)24(30)25-10-5-13-28-11-3-4-12-28)22-20-14-16-6-1-2-7-18(16)23(20)27-26-22/h1-2,6-9,15,29H,3-5,10-14H2,(H,25,30)(H,26,27). The topological polar surface area (TPSA) is 81.2 Å². The zero-order valence-electron chi connectivity index (χ0n) is 16.9. The Bertz CT molecular complexity index is 1080. The molecule has 0 atom stereocenters. The van der Waals surface area contributed by atoms with E-state index in [0.717, 1.165) is 55.0 Å². The average molecular weight is 402 g/mol. The maximum absolute atomic E-state index is 12.7. The lowest BCUT2D eigenvalue weighted by Gasteiger charge is -2.14. The number of phenols is 1. The molecule has 5 rings (SSSR count). The van der Waals surface area contributed by atoms with Gasteiger partial charge in [-0.1, -0.05) is 24.3 Å². The van der Waals surface area contributed by atoms with Gasteiger partial charge < -0.3 is 15.3 Å². The molecule has 3 aromatic rings. The second-order valence-corrected chi connectivity index (χ2v) is 8.15. The van der Waals surface area contributed by atoms with Gasteiger partial charge in [0.2, 0.25) is 0 Å². The van der Waals surface area contributed by atoms with E-state index in [2.05, 4.69) is 32.5 Å². The van der Waals surface area contributed by atoms with E-state index in [4.69, 9.17) is 0 Å². The van der Waals surface area contributed by atoms with Crippen LogP contribution in [0.25, 0.3) is 22.5 Å². The van der Waals surface area contributed by atoms with Crippen LogP contribution in [-0.4, -0.2) is 52.3 Å². The van der Waals surface area contributed by atoms with Crippen molar-refractivity contribution in [2.24, 2.45) is 0 Å². The third-order valence-corrected chi connectivity index (χ3v) is 6.17. The Morgan fingerprint density at radius 3 is 2.87 bits per heavy atom. The number of likely N-dealkylation sites (tertiary alicyclic amines) is 1. The van der Waals surface area contributed by atoms with E-state index in [9.17, 15) is 9.90 Å². The number of hydrogen-bond acceptors (Lipinski definition) is 4. The van der Waals surface area contributed by atoms with Gasteiger partial charge in [-0.15, -0.1) is 0 Å². The molecule has 1 aromatic heterocycles. The summed E-state index contributed by atoms with van der Waals surface area (Å²) in [4.78, 5) is 15.1. The van der Waals surface area contributed by atoms with E-state index < -0.39 is 0 Å². The van der Waals surface area contributed by atoms with Gasteiger partial charge in [-0.2, -0.15) is 5.10 Å². The minimum Gasteiger partial charge on any atom is -0.507 e. The molecule has 30 heavy (non-hydrogen) atoms. The molecule has 1 aliphatic carbocycles. The summed E-state index contributed by atoms with van der Waals surface area (Å²) in [6, 6.07) is 13.4. The van der Waals surface area contributed by atoms with Crippen molar-refractivity contribution >= 4 is 5.91 Å². The molecule has 2 aromatic carbocycles. The molecule has 0 bridgehead atoms. The largest absolute Gasteiger partial charge is 0.507 e. The van der Waals surface area contributed by atoms with Crippen LogP contribution in [0, 0.1) is 0 Å². The maximum atomic E-state index is 12.7. The first-order valence-corrected chi connectivity index (χ1v) is 10.7. The lowest BCUT2D eigenvalue weighted by molar-refractivity contribution is 0.0949. The van der Waals surface area contributed by atoms with Gasteiger partial charge in [0, 0.05) is 29.7 Å². The van der Waals surface area contributed by atoms with Crippen LogP contribution in [0.15, 0.2) is 42.5 Å². The average Bonchev–Trinajstić information content (AvgIpc) is 3.48. The van der Waals surface area contributed by atoms with Gasteiger partial charge in [-0.05, 0) is 62.7 Å². The summed E-state index contributed by atoms with van der Waals surface area (Å²) < 4.78 is 0. The number of hydrogen-bond donors (Lipinski definition) is 3. The highest BCUT2D eigenvalue weighted by atomic mass is 16.3. The number of phenolic OH excluding ortho intramolecular Hbond substituents is 1. The van der Waals surface area contributed by atoms with Crippen molar-refractivity contribution in [2.45, 2.75) is 25.7 Å². The van der Waals surface area contributed by atoms with Gasteiger partial charge >= 0.3 is 0 Å². The van der Waals surface area contributed by atoms with Crippen molar-refractivity contribution in [2.75, 3.05) is 26.2 Å². The number of fused-ring (bicyclic) bond motifs is 3. The third-order valence-electron chi connectivity index (χ3n) is 6.17. The highest BCUT2D eigenvalue weighted by Gasteiger charge is 2.25. The number of aromatic amines is 1. The van der Waals surface area contributed by atoms with Crippen LogP contribution in [0.1, 0.15) is 40.7 Å². The number of carbonyl (C=O) groups excluding carboxylic acids is 1. The molecule has 2 aliphatic rings. The SMILES string of the molecule is O=C(NCCCN1CCCC1)c1cc(-c2n[nH]c3c2Cc2ccccc2-3)ccc1O. The summed E-state index contributed by atoms with van der Waals surface area (Å²) in [7, 11) is 0. The molecule has 6 heteroatoms. The van der Waals surface area contributed by atoms with Gasteiger partial charge in [0.1, 0.15) is 5.75 Å². The number of rotatable bonds is 6. The fourth-order valence-corrected chi connectivity index (χ4v) is 4.58. The first-order valence-electron chi connectivity index (χ1n) is 10.7. The Morgan fingerprint density at radius 2 is 2.00 bits per heavy atom. The number of amides is 1. The van der Waals surface area contributed by atoms with Gasteiger partial charge in [0.05, 0.1) is 17.0 Å². The van der Waals surface area contributed by atoms with Gasteiger partial charge in [-0.3, -0.25) is 9.89 Å². The quantitative estimate of drug-likeness (QED) is 0.431. The lowest BCUT2D eigenvalue weighted by Crippen LogP contribution is -2.28. The van der Waals surface area contributed by atoms with E-state index in [1.54, 1.807) is 12.1 Å². The van der Waals surface area contributed by atoms with Crippen molar-refractivity contribution in [3.05, 3.63) is 59.2 Å². The third kappa shape index (κ3) is 3.48. The second-order valence-electron chi connectivity index (χ2n) is 8.15. The van der Waals surface area contributed by atoms with Crippen LogP contribution in [-0.2, 0) is 6.42 Å². The first kappa shape index (κ1) is 18.9. The number of carbonyl (C=O) groups is 1. The molecule has 6 nitrogen and oxygen atoms in total. The van der Waals surface area contributed by atoms with Gasteiger partial charge in [0.15, 0.2) is 0 Å².